The van der Waals surface area contributed by atoms with Gasteiger partial charge in [-0.2, -0.15) is 0 Å². The van der Waals surface area contributed by atoms with Gasteiger partial charge in [-0.25, -0.2) is 0 Å². The molecule has 5 nitrogen and oxygen atoms in total. The van der Waals surface area contributed by atoms with Crippen molar-refractivity contribution in [3.8, 4) is 17.2 Å². The molecular formula is C18H21NO4. The summed E-state index contributed by atoms with van der Waals surface area (Å²) in [7, 11) is 0. The molecule has 0 aliphatic rings. The Morgan fingerprint density at radius 1 is 1.04 bits per heavy atom. The molecule has 0 radical (unpaired) electrons. The van der Waals surface area contributed by atoms with Crippen molar-refractivity contribution in [3.05, 3.63) is 54.6 Å². The fourth-order valence-electron chi connectivity index (χ4n) is 1.96. The Hall–Kier alpha value is -2.53. The molecule has 23 heavy (non-hydrogen) atoms. The molecule has 0 amide bonds. The highest BCUT2D eigenvalue weighted by molar-refractivity contribution is 5.77. The molecule has 0 saturated heterocycles. The zero-order valence-electron chi connectivity index (χ0n) is 13.1. The van der Waals surface area contributed by atoms with E-state index in [2.05, 4.69) is 0 Å². The van der Waals surface area contributed by atoms with E-state index in [1.165, 1.54) is 6.92 Å². The Morgan fingerprint density at radius 2 is 1.61 bits per heavy atom. The molecule has 0 fully saturated rings. The number of nitrogens with two attached hydrogens (primary N) is 1. The number of carboxylic acid groups (broad SMARTS) is 1. The average Bonchev–Trinajstić information content (AvgIpc) is 2.54. The Bertz CT molecular complexity index is 623. The summed E-state index contributed by atoms with van der Waals surface area (Å²) in [6, 6.07) is 16.8. The number of aliphatic carboxylic acids is 1. The molecule has 122 valence electrons. The highest BCUT2D eigenvalue weighted by Crippen LogP contribution is 2.23. The van der Waals surface area contributed by atoms with E-state index in [4.69, 9.17) is 20.3 Å². The van der Waals surface area contributed by atoms with Crippen LogP contribution in [-0.4, -0.2) is 23.2 Å². The number of benzene rings is 2. The lowest BCUT2D eigenvalue weighted by molar-refractivity contribution is -0.142. The van der Waals surface area contributed by atoms with Gasteiger partial charge in [-0.3, -0.25) is 4.79 Å². The third-order valence-corrected chi connectivity index (χ3v) is 3.40. The SMILES string of the molecule is CC(N)(CCCOc1ccc(Oc2ccccc2)cc1)C(=O)O. The van der Waals surface area contributed by atoms with Gasteiger partial charge in [0.05, 0.1) is 6.61 Å². The number of carbonyl (C=O) groups is 1. The molecule has 0 aromatic heterocycles. The fourth-order valence-corrected chi connectivity index (χ4v) is 1.96. The first-order chi connectivity index (χ1) is 11.0. The quantitative estimate of drug-likeness (QED) is 0.729. The summed E-state index contributed by atoms with van der Waals surface area (Å²) in [6.45, 7) is 1.92. The minimum absolute atomic E-state index is 0.359. The van der Waals surface area contributed by atoms with Crippen LogP contribution in [0.2, 0.25) is 0 Å². The van der Waals surface area contributed by atoms with E-state index in [-0.39, 0.29) is 0 Å². The van der Waals surface area contributed by atoms with Crippen LogP contribution in [0.15, 0.2) is 54.6 Å². The highest BCUT2D eigenvalue weighted by Gasteiger charge is 2.26. The number of hydrogen-bond donors (Lipinski definition) is 2. The lowest BCUT2D eigenvalue weighted by Gasteiger charge is -2.18. The number of carboxylic acids is 1. The molecule has 0 aliphatic heterocycles. The Labute approximate surface area is 135 Å². The van der Waals surface area contributed by atoms with Crippen LogP contribution in [0.1, 0.15) is 19.8 Å². The van der Waals surface area contributed by atoms with Crippen LogP contribution in [0.25, 0.3) is 0 Å². The molecule has 1 atom stereocenters. The minimum atomic E-state index is -1.21. The molecule has 0 heterocycles. The zero-order chi connectivity index (χ0) is 16.7. The smallest absolute Gasteiger partial charge is 0.323 e. The summed E-state index contributed by atoms with van der Waals surface area (Å²) >= 11 is 0. The van der Waals surface area contributed by atoms with Gasteiger partial charge in [-0.15, -0.1) is 0 Å². The van der Waals surface area contributed by atoms with Crippen molar-refractivity contribution < 1.29 is 19.4 Å². The summed E-state index contributed by atoms with van der Waals surface area (Å²) in [4.78, 5) is 10.9. The minimum Gasteiger partial charge on any atom is -0.494 e. The molecular weight excluding hydrogens is 294 g/mol. The second kappa shape index (κ2) is 7.65. The molecule has 2 aromatic carbocycles. The van der Waals surface area contributed by atoms with Crippen LogP contribution in [0, 0.1) is 0 Å². The van der Waals surface area contributed by atoms with Gasteiger partial charge in [0.2, 0.25) is 0 Å². The number of rotatable bonds is 8. The van der Waals surface area contributed by atoms with Gasteiger partial charge in [0.1, 0.15) is 22.8 Å². The van der Waals surface area contributed by atoms with Crippen molar-refractivity contribution >= 4 is 5.97 Å². The largest absolute Gasteiger partial charge is 0.494 e. The molecule has 0 bridgehead atoms. The topological polar surface area (TPSA) is 81.8 Å². The maximum Gasteiger partial charge on any atom is 0.323 e. The van der Waals surface area contributed by atoms with Crippen LogP contribution in [0.4, 0.5) is 0 Å². The van der Waals surface area contributed by atoms with Crippen molar-refractivity contribution in [2.45, 2.75) is 25.3 Å². The first-order valence-electron chi connectivity index (χ1n) is 7.45. The van der Waals surface area contributed by atoms with Gasteiger partial charge in [0.25, 0.3) is 0 Å². The van der Waals surface area contributed by atoms with Crippen molar-refractivity contribution in [1.29, 1.82) is 0 Å². The summed E-state index contributed by atoms with van der Waals surface area (Å²) in [5.41, 5.74) is 4.45. The van der Waals surface area contributed by atoms with Crippen molar-refractivity contribution in [2.24, 2.45) is 5.73 Å². The van der Waals surface area contributed by atoms with E-state index in [1.54, 1.807) is 0 Å². The fraction of sp³-hybridized carbons (Fsp3) is 0.278. The number of ether oxygens (including phenoxy) is 2. The normalized spacial score (nSPS) is 13.1. The summed E-state index contributed by atoms with van der Waals surface area (Å²) in [5, 5.41) is 8.93. The van der Waals surface area contributed by atoms with Gasteiger partial charge < -0.3 is 20.3 Å². The standard InChI is InChI=1S/C18H21NO4/c1-18(19,17(20)21)12-5-13-22-14-8-10-16(11-9-14)23-15-6-3-2-4-7-15/h2-4,6-11H,5,12-13,19H2,1H3,(H,20,21). The molecule has 1 unspecified atom stereocenters. The lowest BCUT2D eigenvalue weighted by atomic mass is 9.98. The lowest BCUT2D eigenvalue weighted by Crippen LogP contribution is -2.44. The third kappa shape index (κ3) is 5.30. The Balaban J connectivity index is 1.78. The van der Waals surface area contributed by atoms with E-state index < -0.39 is 11.5 Å². The molecule has 0 spiro atoms. The van der Waals surface area contributed by atoms with Gasteiger partial charge in [-0.1, -0.05) is 18.2 Å². The van der Waals surface area contributed by atoms with E-state index in [1.807, 2.05) is 54.6 Å². The first kappa shape index (κ1) is 16.8. The summed E-state index contributed by atoms with van der Waals surface area (Å²) in [5.74, 6) is 1.21. The van der Waals surface area contributed by atoms with Crippen LogP contribution in [-0.2, 0) is 4.79 Å². The zero-order valence-corrected chi connectivity index (χ0v) is 13.1. The predicted molar refractivity (Wildman–Crippen MR) is 87.9 cm³/mol. The van der Waals surface area contributed by atoms with Gasteiger partial charge in [0, 0.05) is 0 Å². The molecule has 3 N–H and O–H groups in total. The van der Waals surface area contributed by atoms with E-state index >= 15 is 0 Å². The predicted octanol–water partition coefficient (Wildman–Crippen LogP) is 3.44. The molecule has 2 aromatic rings. The monoisotopic (exact) mass is 315 g/mol. The van der Waals surface area contributed by atoms with Crippen LogP contribution < -0.4 is 15.2 Å². The van der Waals surface area contributed by atoms with E-state index in [0.717, 1.165) is 11.5 Å². The Kier molecular flexibility index (Phi) is 5.60. The molecule has 0 aliphatic carbocycles. The maximum absolute atomic E-state index is 10.9. The maximum atomic E-state index is 10.9. The molecule has 0 saturated carbocycles. The second-order valence-corrected chi connectivity index (χ2v) is 5.56. The van der Waals surface area contributed by atoms with Crippen molar-refractivity contribution in [3.63, 3.8) is 0 Å². The molecule has 5 heteroatoms. The third-order valence-electron chi connectivity index (χ3n) is 3.40. The van der Waals surface area contributed by atoms with Gasteiger partial charge in [0.15, 0.2) is 0 Å². The molecule has 2 rings (SSSR count). The van der Waals surface area contributed by atoms with Crippen molar-refractivity contribution in [1.82, 2.24) is 0 Å². The summed E-state index contributed by atoms with van der Waals surface area (Å²) < 4.78 is 11.3. The van der Waals surface area contributed by atoms with Gasteiger partial charge >= 0.3 is 5.97 Å². The number of para-hydroxylation sites is 1. The second-order valence-electron chi connectivity index (χ2n) is 5.56. The highest BCUT2D eigenvalue weighted by atomic mass is 16.5. The Morgan fingerprint density at radius 3 is 2.22 bits per heavy atom. The van der Waals surface area contributed by atoms with Crippen LogP contribution in [0.5, 0.6) is 17.2 Å². The van der Waals surface area contributed by atoms with Crippen molar-refractivity contribution in [2.75, 3.05) is 6.61 Å². The van der Waals surface area contributed by atoms with E-state index in [0.29, 0.717) is 25.2 Å². The van der Waals surface area contributed by atoms with E-state index in [9.17, 15) is 4.79 Å². The summed E-state index contributed by atoms with van der Waals surface area (Å²) in [6.07, 6.45) is 0.930. The van der Waals surface area contributed by atoms with Crippen LogP contribution >= 0.6 is 0 Å². The van der Waals surface area contributed by atoms with Crippen LogP contribution in [0.3, 0.4) is 0 Å². The first-order valence-corrected chi connectivity index (χ1v) is 7.45. The average molecular weight is 315 g/mol. The van der Waals surface area contributed by atoms with Gasteiger partial charge in [-0.05, 0) is 56.2 Å². The number of hydrogen-bond acceptors (Lipinski definition) is 4.